The highest BCUT2D eigenvalue weighted by Crippen LogP contribution is 2.15. The van der Waals surface area contributed by atoms with Crippen molar-refractivity contribution in [3.8, 4) is 0 Å². The lowest BCUT2D eigenvalue weighted by Crippen LogP contribution is -2.41. The second-order valence-electron chi connectivity index (χ2n) is 4.24. The highest BCUT2D eigenvalue weighted by molar-refractivity contribution is 5.32. The van der Waals surface area contributed by atoms with E-state index in [1.165, 1.54) is 12.1 Å². The van der Waals surface area contributed by atoms with E-state index in [0.717, 1.165) is 5.56 Å². The molecule has 18 heavy (non-hydrogen) atoms. The van der Waals surface area contributed by atoms with E-state index in [1.807, 2.05) is 11.9 Å². The summed E-state index contributed by atoms with van der Waals surface area (Å²) in [5.41, 5.74) is 1.12. The van der Waals surface area contributed by atoms with Gasteiger partial charge in [0.2, 0.25) is 0 Å². The van der Waals surface area contributed by atoms with Crippen LogP contribution in [0.25, 0.3) is 0 Å². The van der Waals surface area contributed by atoms with Crippen LogP contribution in [-0.2, 0) is 16.0 Å². The molecule has 98 valence electrons. The van der Waals surface area contributed by atoms with Crippen molar-refractivity contribution in [3.63, 3.8) is 0 Å². The van der Waals surface area contributed by atoms with E-state index < -0.39 is 4.92 Å². The number of benzene rings is 1. The monoisotopic (exact) mass is 252 g/mol. The third-order valence-electron chi connectivity index (χ3n) is 2.87. The molecule has 0 bridgehead atoms. The van der Waals surface area contributed by atoms with E-state index in [-0.39, 0.29) is 11.9 Å². The van der Waals surface area contributed by atoms with E-state index in [9.17, 15) is 10.1 Å². The van der Waals surface area contributed by atoms with Crippen LogP contribution in [0.15, 0.2) is 24.3 Å². The Balaban J connectivity index is 1.93. The Morgan fingerprint density at radius 3 is 2.67 bits per heavy atom. The van der Waals surface area contributed by atoms with Gasteiger partial charge in [-0.1, -0.05) is 12.1 Å². The second-order valence-corrected chi connectivity index (χ2v) is 4.24. The predicted molar refractivity (Wildman–Crippen MR) is 65.1 cm³/mol. The van der Waals surface area contributed by atoms with Gasteiger partial charge in [0.15, 0.2) is 0 Å². The van der Waals surface area contributed by atoms with Crippen molar-refractivity contribution in [1.29, 1.82) is 0 Å². The molecule has 0 spiro atoms. The third-order valence-corrected chi connectivity index (χ3v) is 2.87. The Kier molecular flexibility index (Phi) is 4.24. The molecule has 1 aromatic rings. The summed E-state index contributed by atoms with van der Waals surface area (Å²) in [6.45, 7) is 2.48. The van der Waals surface area contributed by atoms with Gasteiger partial charge in [0.1, 0.15) is 6.23 Å². The topological polar surface area (TPSA) is 64.8 Å². The van der Waals surface area contributed by atoms with Crippen LogP contribution in [0, 0.1) is 10.1 Å². The Bertz CT molecular complexity index is 401. The molecule has 1 aliphatic rings. The fraction of sp³-hybridized carbons (Fsp3) is 0.500. The Morgan fingerprint density at radius 2 is 2.11 bits per heavy atom. The summed E-state index contributed by atoms with van der Waals surface area (Å²) in [5.74, 6) is 0. The molecule has 1 fully saturated rings. The predicted octanol–water partition coefficient (Wildman–Crippen LogP) is 1.40. The summed E-state index contributed by atoms with van der Waals surface area (Å²) in [7, 11) is 1.95. The van der Waals surface area contributed by atoms with Gasteiger partial charge >= 0.3 is 0 Å². The molecule has 1 saturated heterocycles. The average Bonchev–Trinajstić information content (AvgIpc) is 2.40. The Hall–Kier alpha value is -1.50. The van der Waals surface area contributed by atoms with Gasteiger partial charge in [0, 0.05) is 18.7 Å². The second kappa shape index (κ2) is 5.90. The SMILES string of the molecule is CN(Cc1ccc([N+](=O)[O-])cc1)C1COCCO1. The van der Waals surface area contributed by atoms with Crippen LogP contribution in [0.4, 0.5) is 5.69 Å². The van der Waals surface area contributed by atoms with Gasteiger partial charge < -0.3 is 9.47 Å². The van der Waals surface area contributed by atoms with Crippen LogP contribution in [0.1, 0.15) is 5.56 Å². The van der Waals surface area contributed by atoms with E-state index in [2.05, 4.69) is 0 Å². The van der Waals surface area contributed by atoms with Gasteiger partial charge in [-0.05, 0) is 12.6 Å². The van der Waals surface area contributed by atoms with Crippen LogP contribution in [0.3, 0.4) is 0 Å². The molecular weight excluding hydrogens is 236 g/mol. The van der Waals surface area contributed by atoms with Crippen LogP contribution >= 0.6 is 0 Å². The molecule has 0 aromatic heterocycles. The van der Waals surface area contributed by atoms with Crippen LogP contribution in [0.2, 0.25) is 0 Å². The molecule has 0 saturated carbocycles. The molecular formula is C12H16N2O4. The highest BCUT2D eigenvalue weighted by atomic mass is 16.6. The van der Waals surface area contributed by atoms with Crippen LogP contribution in [-0.4, -0.2) is 42.9 Å². The smallest absolute Gasteiger partial charge is 0.269 e. The number of rotatable bonds is 4. The summed E-state index contributed by atoms with van der Waals surface area (Å²) in [5, 5.41) is 10.5. The minimum Gasteiger partial charge on any atom is -0.375 e. The Morgan fingerprint density at radius 1 is 1.39 bits per heavy atom. The molecule has 2 rings (SSSR count). The maximum Gasteiger partial charge on any atom is 0.269 e. The zero-order valence-electron chi connectivity index (χ0n) is 10.2. The standard InChI is InChI=1S/C12H16N2O4/c1-13(12-9-17-6-7-18-12)8-10-2-4-11(5-3-10)14(15)16/h2-5,12H,6-9H2,1H3. The number of nitro benzene ring substituents is 1. The number of hydrogen-bond acceptors (Lipinski definition) is 5. The molecule has 0 radical (unpaired) electrons. The van der Waals surface area contributed by atoms with Crippen LogP contribution in [0.5, 0.6) is 0 Å². The lowest BCUT2D eigenvalue weighted by Gasteiger charge is -2.31. The van der Waals surface area contributed by atoms with Crippen molar-refractivity contribution in [3.05, 3.63) is 39.9 Å². The van der Waals surface area contributed by atoms with Crippen molar-refractivity contribution in [2.45, 2.75) is 12.8 Å². The minimum absolute atomic E-state index is 0.0473. The van der Waals surface area contributed by atoms with Crippen LogP contribution < -0.4 is 0 Å². The molecule has 1 heterocycles. The first-order valence-electron chi connectivity index (χ1n) is 5.80. The number of nitro groups is 1. The molecule has 1 atom stereocenters. The summed E-state index contributed by atoms with van der Waals surface area (Å²) in [4.78, 5) is 12.2. The van der Waals surface area contributed by atoms with E-state index >= 15 is 0 Å². The van der Waals surface area contributed by atoms with Gasteiger partial charge in [-0.2, -0.15) is 0 Å². The van der Waals surface area contributed by atoms with Gasteiger partial charge in [0.25, 0.3) is 5.69 Å². The maximum absolute atomic E-state index is 10.5. The highest BCUT2D eigenvalue weighted by Gasteiger charge is 2.19. The molecule has 1 unspecified atom stereocenters. The summed E-state index contributed by atoms with van der Waals surface area (Å²) >= 11 is 0. The summed E-state index contributed by atoms with van der Waals surface area (Å²) in [6, 6.07) is 6.55. The largest absolute Gasteiger partial charge is 0.375 e. The normalized spacial score (nSPS) is 20.0. The maximum atomic E-state index is 10.5. The Labute approximate surface area is 105 Å². The number of non-ortho nitro benzene ring substituents is 1. The van der Waals surface area contributed by atoms with Crippen molar-refractivity contribution in [1.82, 2.24) is 4.90 Å². The molecule has 1 aliphatic heterocycles. The summed E-state index contributed by atoms with van der Waals surface area (Å²) in [6.07, 6.45) is -0.0473. The van der Waals surface area contributed by atoms with Crippen molar-refractivity contribution >= 4 is 5.69 Å². The number of ether oxygens (including phenoxy) is 2. The minimum atomic E-state index is -0.397. The molecule has 0 aliphatic carbocycles. The first kappa shape index (κ1) is 12.9. The van der Waals surface area contributed by atoms with E-state index in [1.54, 1.807) is 12.1 Å². The molecule has 6 heteroatoms. The summed E-state index contributed by atoms with van der Waals surface area (Å²) < 4.78 is 10.9. The quantitative estimate of drug-likeness (QED) is 0.598. The molecule has 1 aromatic carbocycles. The van der Waals surface area contributed by atoms with Gasteiger partial charge in [-0.15, -0.1) is 0 Å². The third kappa shape index (κ3) is 3.25. The molecule has 0 amide bonds. The number of nitrogens with zero attached hydrogens (tertiary/aromatic N) is 2. The lowest BCUT2D eigenvalue weighted by molar-refractivity contribution is -0.384. The average molecular weight is 252 g/mol. The van der Waals surface area contributed by atoms with Crippen molar-refractivity contribution in [2.24, 2.45) is 0 Å². The number of hydrogen-bond donors (Lipinski definition) is 0. The van der Waals surface area contributed by atoms with Crippen molar-refractivity contribution < 1.29 is 14.4 Å². The zero-order chi connectivity index (χ0) is 13.0. The first-order chi connectivity index (χ1) is 8.66. The fourth-order valence-corrected chi connectivity index (χ4v) is 1.84. The number of likely N-dealkylation sites (N-methyl/N-ethyl adjacent to an activating group) is 1. The lowest BCUT2D eigenvalue weighted by atomic mass is 10.2. The van der Waals surface area contributed by atoms with E-state index in [0.29, 0.717) is 26.4 Å². The van der Waals surface area contributed by atoms with Gasteiger partial charge in [-0.3, -0.25) is 15.0 Å². The first-order valence-corrected chi connectivity index (χ1v) is 5.80. The molecule has 6 nitrogen and oxygen atoms in total. The van der Waals surface area contributed by atoms with Crippen molar-refractivity contribution in [2.75, 3.05) is 26.9 Å². The van der Waals surface area contributed by atoms with E-state index in [4.69, 9.17) is 9.47 Å². The fourth-order valence-electron chi connectivity index (χ4n) is 1.84. The zero-order valence-corrected chi connectivity index (χ0v) is 10.2. The van der Waals surface area contributed by atoms with Gasteiger partial charge in [0.05, 0.1) is 24.7 Å². The molecule has 0 N–H and O–H groups in total. The van der Waals surface area contributed by atoms with Gasteiger partial charge in [-0.25, -0.2) is 0 Å².